The molecule has 1 aliphatic carbocycles. The van der Waals surface area contributed by atoms with Crippen molar-refractivity contribution in [1.82, 2.24) is 4.90 Å². The van der Waals surface area contributed by atoms with Crippen LogP contribution in [0, 0.1) is 11.2 Å². The first-order chi connectivity index (χ1) is 13.3. The van der Waals surface area contributed by atoms with Crippen LogP contribution in [0.2, 0.25) is 0 Å². The van der Waals surface area contributed by atoms with Crippen LogP contribution in [0.25, 0.3) is 0 Å². The molecule has 28 heavy (non-hydrogen) atoms. The number of anilines is 1. The maximum absolute atomic E-state index is 14.3. The fourth-order valence-electron chi connectivity index (χ4n) is 3.95. The maximum Gasteiger partial charge on any atom is 0.322 e. The van der Waals surface area contributed by atoms with E-state index in [0.717, 1.165) is 30.9 Å². The van der Waals surface area contributed by atoms with E-state index in [-0.39, 0.29) is 28.7 Å². The second kappa shape index (κ2) is 8.00. The van der Waals surface area contributed by atoms with Gasteiger partial charge in [-0.15, -0.1) is 0 Å². The molecule has 0 bridgehead atoms. The molecule has 1 fully saturated rings. The van der Waals surface area contributed by atoms with Gasteiger partial charge in [0, 0.05) is 18.2 Å². The van der Waals surface area contributed by atoms with Crippen LogP contribution >= 0.6 is 0 Å². The van der Waals surface area contributed by atoms with Gasteiger partial charge in [-0.3, -0.25) is 4.79 Å². The maximum atomic E-state index is 14.3. The quantitative estimate of drug-likeness (QED) is 0.795. The normalized spacial score (nSPS) is 17.9. The Labute approximate surface area is 164 Å². The molecule has 3 rings (SSSR count). The highest BCUT2D eigenvalue weighted by Gasteiger charge is 2.40. The Morgan fingerprint density at radius 1 is 1.21 bits per heavy atom. The largest absolute Gasteiger partial charge is 0.366 e. The summed E-state index contributed by atoms with van der Waals surface area (Å²) in [5.41, 5.74) is 6.28. The van der Waals surface area contributed by atoms with Crippen LogP contribution in [0.4, 0.5) is 14.9 Å². The average Bonchev–Trinajstić information content (AvgIpc) is 3.00. The minimum Gasteiger partial charge on any atom is -0.366 e. The van der Waals surface area contributed by atoms with Gasteiger partial charge in [0.2, 0.25) is 5.91 Å². The van der Waals surface area contributed by atoms with E-state index >= 15 is 0 Å². The molecule has 148 valence electrons. The van der Waals surface area contributed by atoms with Gasteiger partial charge in [-0.2, -0.15) is 0 Å². The van der Waals surface area contributed by atoms with Crippen molar-refractivity contribution in [3.05, 3.63) is 65.5 Å². The monoisotopic (exact) mass is 383 g/mol. The van der Waals surface area contributed by atoms with Crippen molar-refractivity contribution in [2.45, 2.75) is 45.7 Å². The van der Waals surface area contributed by atoms with Crippen LogP contribution in [0.1, 0.15) is 49.0 Å². The molecule has 1 aliphatic rings. The number of nitrogens with one attached hydrogen (secondary N) is 1. The summed E-state index contributed by atoms with van der Waals surface area (Å²) in [6, 6.07) is 13.3. The van der Waals surface area contributed by atoms with Crippen LogP contribution in [-0.4, -0.2) is 22.9 Å². The molecule has 5 nitrogen and oxygen atoms in total. The number of halogens is 1. The van der Waals surface area contributed by atoms with Crippen molar-refractivity contribution in [2.75, 3.05) is 5.32 Å². The number of hydrogen-bond donors (Lipinski definition) is 2. The lowest BCUT2D eigenvalue weighted by Crippen LogP contribution is -2.47. The van der Waals surface area contributed by atoms with Crippen molar-refractivity contribution in [1.29, 1.82) is 0 Å². The number of amides is 3. The summed E-state index contributed by atoms with van der Waals surface area (Å²) in [5, 5.41) is 2.67. The van der Waals surface area contributed by atoms with E-state index < -0.39 is 11.7 Å². The zero-order valence-electron chi connectivity index (χ0n) is 16.2. The lowest BCUT2D eigenvalue weighted by atomic mass is 9.86. The van der Waals surface area contributed by atoms with Crippen molar-refractivity contribution in [3.63, 3.8) is 0 Å². The highest BCUT2D eigenvalue weighted by Crippen LogP contribution is 2.41. The van der Waals surface area contributed by atoms with E-state index in [0.29, 0.717) is 6.54 Å². The Morgan fingerprint density at radius 2 is 1.93 bits per heavy atom. The predicted octanol–water partition coefficient (Wildman–Crippen LogP) is 4.54. The molecule has 3 amide bonds. The van der Waals surface area contributed by atoms with Gasteiger partial charge in [-0.25, -0.2) is 9.18 Å². The van der Waals surface area contributed by atoms with E-state index in [1.54, 1.807) is 4.90 Å². The first-order valence-electron chi connectivity index (χ1n) is 9.49. The van der Waals surface area contributed by atoms with Crippen LogP contribution in [0.15, 0.2) is 48.5 Å². The minimum absolute atomic E-state index is 0.0134. The van der Waals surface area contributed by atoms with Crippen LogP contribution in [0.5, 0.6) is 0 Å². The average molecular weight is 383 g/mol. The van der Waals surface area contributed by atoms with Gasteiger partial charge >= 0.3 is 6.03 Å². The molecular formula is C22H26FN3O2. The number of nitrogens with two attached hydrogens (primary N) is 1. The Kier molecular flexibility index (Phi) is 5.68. The van der Waals surface area contributed by atoms with Gasteiger partial charge in [0.15, 0.2) is 0 Å². The molecule has 3 N–H and O–H groups in total. The second-order valence-corrected chi connectivity index (χ2v) is 8.00. The topological polar surface area (TPSA) is 75.4 Å². The fraction of sp³-hybridized carbons (Fsp3) is 0.364. The standard InChI is InChI=1S/C22H26FN3O2/c1-22(2)12-6-9-19(22)26(14-15-7-4-3-5-8-15)21(28)25-18-11-10-16(20(24)27)13-17(18)23/h3-5,7-8,10-11,13,19H,6,9,12,14H2,1-2H3,(H2,24,27)(H,25,28)/t19-/m0/s1. The van der Waals surface area contributed by atoms with Crippen molar-refractivity contribution in [3.8, 4) is 0 Å². The van der Waals surface area contributed by atoms with Crippen LogP contribution < -0.4 is 11.1 Å². The molecule has 6 heteroatoms. The number of carbonyl (C=O) groups is 2. The summed E-state index contributed by atoms with van der Waals surface area (Å²) >= 11 is 0. The van der Waals surface area contributed by atoms with Crippen molar-refractivity contribution >= 4 is 17.6 Å². The minimum atomic E-state index is -0.713. The molecule has 2 aromatic rings. The smallest absolute Gasteiger partial charge is 0.322 e. The van der Waals surface area contributed by atoms with Gasteiger partial charge < -0.3 is 16.0 Å². The van der Waals surface area contributed by atoms with Crippen LogP contribution in [-0.2, 0) is 6.54 Å². The lowest BCUT2D eigenvalue weighted by Gasteiger charge is -2.37. The molecular weight excluding hydrogens is 357 g/mol. The second-order valence-electron chi connectivity index (χ2n) is 8.00. The molecule has 0 heterocycles. The number of nitrogens with zero attached hydrogens (tertiary/aromatic N) is 1. The third-order valence-corrected chi connectivity index (χ3v) is 5.53. The van der Waals surface area contributed by atoms with Gasteiger partial charge in [0.1, 0.15) is 5.82 Å². The summed E-state index contributed by atoms with van der Waals surface area (Å²) in [4.78, 5) is 26.1. The number of primary amides is 1. The molecule has 2 aromatic carbocycles. The summed E-state index contributed by atoms with van der Waals surface area (Å²) < 4.78 is 14.3. The number of hydrogen-bond acceptors (Lipinski definition) is 2. The molecule has 0 aromatic heterocycles. The lowest BCUT2D eigenvalue weighted by molar-refractivity contribution is 0.1000. The molecule has 0 saturated heterocycles. The van der Waals surface area contributed by atoms with E-state index in [4.69, 9.17) is 5.73 Å². The fourth-order valence-corrected chi connectivity index (χ4v) is 3.95. The predicted molar refractivity (Wildman–Crippen MR) is 107 cm³/mol. The summed E-state index contributed by atoms with van der Waals surface area (Å²) in [6.45, 7) is 4.78. The number of rotatable bonds is 5. The molecule has 0 spiro atoms. The third-order valence-electron chi connectivity index (χ3n) is 5.53. The first-order valence-corrected chi connectivity index (χ1v) is 9.49. The number of carbonyl (C=O) groups excluding carboxylic acids is 2. The third kappa shape index (κ3) is 4.32. The van der Waals surface area contributed by atoms with Gasteiger partial charge in [0.05, 0.1) is 5.69 Å². The Hall–Kier alpha value is -2.89. The highest BCUT2D eigenvalue weighted by molar-refractivity contribution is 5.94. The SMILES string of the molecule is CC1(C)CCC[C@@H]1N(Cc1ccccc1)C(=O)Nc1ccc(C(N)=O)cc1F. The van der Waals surface area contributed by atoms with Crippen molar-refractivity contribution < 1.29 is 14.0 Å². The van der Waals surface area contributed by atoms with Crippen LogP contribution in [0.3, 0.4) is 0 Å². The Balaban J connectivity index is 1.85. The highest BCUT2D eigenvalue weighted by atomic mass is 19.1. The summed E-state index contributed by atoms with van der Waals surface area (Å²) in [7, 11) is 0. The van der Waals surface area contributed by atoms with Crippen molar-refractivity contribution in [2.24, 2.45) is 11.1 Å². The number of urea groups is 1. The van der Waals surface area contributed by atoms with Gasteiger partial charge in [-0.05, 0) is 42.0 Å². The summed E-state index contributed by atoms with van der Waals surface area (Å²) in [5.74, 6) is -1.40. The number of benzene rings is 2. The Bertz CT molecular complexity index is 867. The summed E-state index contributed by atoms with van der Waals surface area (Å²) in [6.07, 6.45) is 3.01. The zero-order valence-corrected chi connectivity index (χ0v) is 16.2. The van der Waals surface area contributed by atoms with Gasteiger partial charge in [-0.1, -0.05) is 50.6 Å². The van der Waals surface area contributed by atoms with E-state index in [1.807, 2.05) is 30.3 Å². The molecule has 1 saturated carbocycles. The van der Waals surface area contributed by atoms with Gasteiger partial charge in [0.25, 0.3) is 0 Å². The Morgan fingerprint density at radius 3 is 2.50 bits per heavy atom. The zero-order chi connectivity index (χ0) is 20.3. The molecule has 0 unspecified atom stereocenters. The molecule has 0 aliphatic heterocycles. The molecule has 1 atom stereocenters. The first kappa shape index (κ1) is 19.9. The molecule has 0 radical (unpaired) electrons. The van der Waals surface area contributed by atoms with E-state index in [2.05, 4.69) is 19.2 Å². The van der Waals surface area contributed by atoms with E-state index in [1.165, 1.54) is 12.1 Å². The van der Waals surface area contributed by atoms with E-state index in [9.17, 15) is 14.0 Å².